The van der Waals surface area contributed by atoms with Gasteiger partial charge in [0.2, 0.25) is 5.91 Å². The van der Waals surface area contributed by atoms with Crippen molar-refractivity contribution < 1.29 is 9.59 Å². The Morgan fingerprint density at radius 2 is 2.12 bits per heavy atom. The van der Waals surface area contributed by atoms with Gasteiger partial charge >= 0.3 is 6.03 Å². The lowest BCUT2D eigenvalue weighted by atomic mass is 9.98. The van der Waals surface area contributed by atoms with Crippen LogP contribution in [0, 0.1) is 5.92 Å². The third-order valence-electron chi connectivity index (χ3n) is 4.86. The van der Waals surface area contributed by atoms with Gasteiger partial charge in [0.05, 0.1) is 12.6 Å². The van der Waals surface area contributed by atoms with Crippen LogP contribution < -0.4 is 21.3 Å². The summed E-state index contributed by atoms with van der Waals surface area (Å²) in [6, 6.07) is 1.43. The lowest BCUT2D eigenvalue weighted by Crippen LogP contribution is -2.46. The van der Waals surface area contributed by atoms with Gasteiger partial charge in [0.15, 0.2) is 0 Å². The molecular weight excluding hydrogens is 320 g/mol. The van der Waals surface area contributed by atoms with Gasteiger partial charge < -0.3 is 21.3 Å². The Kier molecular flexibility index (Phi) is 5.35. The van der Waals surface area contributed by atoms with Gasteiger partial charge in [-0.1, -0.05) is 13.3 Å². The van der Waals surface area contributed by atoms with Gasteiger partial charge in [0.1, 0.15) is 12.1 Å². The number of carbonyl (C=O) groups excluding carboxylic acids is 2. The molecule has 0 aromatic carbocycles. The first-order valence-electron chi connectivity index (χ1n) is 8.96. The van der Waals surface area contributed by atoms with Crippen molar-refractivity contribution in [2.24, 2.45) is 11.7 Å². The molecule has 0 unspecified atom stereocenters. The van der Waals surface area contributed by atoms with Crippen LogP contribution in [0.5, 0.6) is 0 Å². The topological polar surface area (TPSA) is 113 Å². The van der Waals surface area contributed by atoms with Crippen LogP contribution >= 0.6 is 0 Å². The van der Waals surface area contributed by atoms with Crippen LogP contribution in [-0.4, -0.2) is 47.6 Å². The number of hydrogen-bond donors (Lipinski definition) is 3. The van der Waals surface area contributed by atoms with Crippen molar-refractivity contribution in [3.05, 3.63) is 18.1 Å². The molecule has 1 aliphatic heterocycles. The van der Waals surface area contributed by atoms with E-state index in [2.05, 4.69) is 38.5 Å². The number of hydrogen-bond acceptors (Lipinski definition) is 5. The maximum absolute atomic E-state index is 12.0. The van der Waals surface area contributed by atoms with Crippen molar-refractivity contribution >= 4 is 17.8 Å². The molecule has 25 heavy (non-hydrogen) atoms. The first-order valence-corrected chi connectivity index (χ1v) is 8.96. The quantitative estimate of drug-likeness (QED) is 0.674. The van der Waals surface area contributed by atoms with E-state index >= 15 is 0 Å². The first kappa shape index (κ1) is 17.4. The minimum absolute atomic E-state index is 0.0430. The highest BCUT2D eigenvalue weighted by Gasteiger charge is 2.34. The Morgan fingerprint density at radius 3 is 2.80 bits per heavy atom. The minimum atomic E-state index is -0.693. The monoisotopic (exact) mass is 346 g/mol. The van der Waals surface area contributed by atoms with Crippen molar-refractivity contribution in [3.8, 4) is 0 Å². The van der Waals surface area contributed by atoms with E-state index in [1.807, 2.05) is 0 Å². The zero-order valence-electron chi connectivity index (χ0n) is 14.6. The average Bonchev–Trinajstić information content (AvgIpc) is 3.37. The van der Waals surface area contributed by atoms with E-state index in [1.54, 1.807) is 6.33 Å². The number of carbonyl (C=O) groups is 2. The van der Waals surface area contributed by atoms with Crippen LogP contribution in [-0.2, 0) is 4.79 Å². The second-order valence-electron chi connectivity index (χ2n) is 6.92. The molecule has 3 rings (SSSR count). The van der Waals surface area contributed by atoms with E-state index in [4.69, 9.17) is 5.73 Å². The van der Waals surface area contributed by atoms with Gasteiger partial charge in [0.25, 0.3) is 0 Å². The van der Waals surface area contributed by atoms with Crippen LogP contribution in [0.1, 0.15) is 44.2 Å². The van der Waals surface area contributed by atoms with Crippen molar-refractivity contribution in [1.29, 1.82) is 0 Å². The van der Waals surface area contributed by atoms with Crippen molar-refractivity contribution in [2.75, 3.05) is 24.5 Å². The molecule has 2 atom stereocenters. The maximum Gasteiger partial charge on any atom is 0.312 e. The van der Waals surface area contributed by atoms with Crippen molar-refractivity contribution in [2.45, 2.75) is 44.6 Å². The molecule has 2 fully saturated rings. The summed E-state index contributed by atoms with van der Waals surface area (Å²) in [5.41, 5.74) is 6.13. The predicted octanol–water partition coefficient (Wildman–Crippen LogP) is 0.743. The second-order valence-corrected chi connectivity index (χ2v) is 6.92. The molecular formula is C17H26N6O2. The summed E-state index contributed by atoms with van der Waals surface area (Å²) >= 11 is 0. The number of nitrogens with zero attached hydrogens (tertiary/aromatic N) is 3. The number of rotatable bonds is 7. The van der Waals surface area contributed by atoms with E-state index in [0.717, 1.165) is 30.9 Å². The summed E-state index contributed by atoms with van der Waals surface area (Å²) in [6.45, 7) is 3.63. The van der Waals surface area contributed by atoms with E-state index in [-0.39, 0.29) is 18.5 Å². The van der Waals surface area contributed by atoms with E-state index in [0.29, 0.717) is 18.4 Å². The fraction of sp³-hybridized carbons (Fsp3) is 0.647. The minimum Gasteiger partial charge on any atom is -0.354 e. The summed E-state index contributed by atoms with van der Waals surface area (Å²) < 4.78 is 0. The molecule has 1 aromatic heterocycles. The molecule has 136 valence electrons. The molecule has 3 amide bonds. The molecule has 0 bridgehead atoms. The van der Waals surface area contributed by atoms with Crippen LogP contribution in [0.4, 0.5) is 10.6 Å². The molecule has 1 saturated heterocycles. The zero-order valence-corrected chi connectivity index (χ0v) is 14.6. The lowest BCUT2D eigenvalue weighted by molar-refractivity contribution is -0.120. The Balaban J connectivity index is 1.64. The highest BCUT2D eigenvalue weighted by Crippen LogP contribution is 2.39. The summed E-state index contributed by atoms with van der Waals surface area (Å²) in [7, 11) is 0. The molecule has 1 aliphatic carbocycles. The summed E-state index contributed by atoms with van der Waals surface area (Å²) in [4.78, 5) is 33.8. The maximum atomic E-state index is 12.0. The number of urea groups is 1. The van der Waals surface area contributed by atoms with Crippen molar-refractivity contribution in [1.82, 2.24) is 20.6 Å². The molecule has 0 spiro atoms. The lowest BCUT2D eigenvalue weighted by Gasteiger charge is -2.19. The largest absolute Gasteiger partial charge is 0.354 e. The van der Waals surface area contributed by atoms with Crippen molar-refractivity contribution in [3.63, 3.8) is 0 Å². The molecule has 8 nitrogen and oxygen atoms in total. The van der Waals surface area contributed by atoms with Gasteiger partial charge in [-0.05, 0) is 25.2 Å². The molecule has 0 radical (unpaired) electrons. The number of anilines is 1. The Bertz CT molecular complexity index is 633. The normalized spacial score (nSPS) is 22.7. The van der Waals surface area contributed by atoms with Gasteiger partial charge in [-0.25, -0.2) is 14.8 Å². The van der Waals surface area contributed by atoms with Gasteiger partial charge in [-0.3, -0.25) is 4.79 Å². The third kappa shape index (κ3) is 4.58. The highest BCUT2D eigenvalue weighted by atomic mass is 16.2. The number of nitrogens with one attached hydrogen (secondary N) is 2. The summed E-state index contributed by atoms with van der Waals surface area (Å²) in [6.07, 6.45) is 6.15. The Morgan fingerprint density at radius 1 is 1.32 bits per heavy atom. The molecule has 2 heterocycles. The summed E-state index contributed by atoms with van der Waals surface area (Å²) in [5, 5.41) is 5.35. The molecule has 1 aromatic rings. The average molecular weight is 346 g/mol. The number of amides is 3. The zero-order chi connectivity index (χ0) is 17.8. The SMILES string of the molecule is CCC[C@@H]1CN(c2cc(C3CC3)ncn2)C[C@H]1NC(=O)CNC(N)=O. The second kappa shape index (κ2) is 7.67. The number of aromatic nitrogens is 2. The smallest absolute Gasteiger partial charge is 0.312 e. The molecule has 4 N–H and O–H groups in total. The van der Waals surface area contributed by atoms with Crippen LogP contribution in [0.3, 0.4) is 0 Å². The van der Waals surface area contributed by atoms with Crippen LogP contribution in [0.25, 0.3) is 0 Å². The number of nitrogens with two attached hydrogens (primary N) is 1. The fourth-order valence-corrected chi connectivity index (χ4v) is 3.45. The molecule has 2 aliphatic rings. The number of primary amides is 1. The fourth-order valence-electron chi connectivity index (χ4n) is 3.45. The third-order valence-corrected chi connectivity index (χ3v) is 4.86. The summed E-state index contributed by atoms with van der Waals surface area (Å²) in [5.74, 6) is 1.67. The Hall–Kier alpha value is -2.38. The van der Waals surface area contributed by atoms with Gasteiger partial charge in [0, 0.05) is 30.8 Å². The first-order chi connectivity index (χ1) is 12.1. The van der Waals surface area contributed by atoms with Crippen LogP contribution in [0.15, 0.2) is 12.4 Å². The molecule has 1 saturated carbocycles. The van der Waals surface area contributed by atoms with E-state index in [1.165, 1.54) is 12.8 Å². The standard InChI is InChI=1S/C17H26N6O2/c1-2-3-12-8-23(9-14(12)22-16(24)7-19-17(18)25)15-6-13(11-4-5-11)20-10-21-15/h6,10-12,14H,2-5,7-9H2,1H3,(H,22,24)(H3,18,19,25)/t12-,14-/m1/s1. The van der Waals surface area contributed by atoms with Gasteiger partial charge in [-0.2, -0.15) is 0 Å². The predicted molar refractivity (Wildman–Crippen MR) is 94.1 cm³/mol. The van der Waals surface area contributed by atoms with E-state index in [9.17, 15) is 9.59 Å². The van der Waals surface area contributed by atoms with Gasteiger partial charge in [-0.15, -0.1) is 0 Å². The Labute approximate surface area is 147 Å². The highest BCUT2D eigenvalue weighted by molar-refractivity contribution is 5.83. The van der Waals surface area contributed by atoms with Crippen LogP contribution in [0.2, 0.25) is 0 Å². The van der Waals surface area contributed by atoms with E-state index < -0.39 is 6.03 Å². The molecule has 8 heteroatoms.